The van der Waals surface area contributed by atoms with E-state index in [0.29, 0.717) is 28.7 Å². The molecular formula is C18H16ClFN4O3S. The molecule has 1 fully saturated rings. The molecule has 0 radical (unpaired) electrons. The van der Waals surface area contributed by atoms with Gasteiger partial charge >= 0.3 is 0 Å². The maximum absolute atomic E-state index is 13.2. The molecule has 1 N–H and O–H groups in total. The number of aromatic nitrogens is 2. The summed E-state index contributed by atoms with van der Waals surface area (Å²) in [5, 5.41) is 6.49. The molecule has 2 aliphatic rings. The second-order valence-electron chi connectivity index (χ2n) is 6.73. The number of hydrogen-bond donors (Lipinski definition) is 1. The van der Waals surface area contributed by atoms with Gasteiger partial charge in [-0.15, -0.1) is 11.8 Å². The van der Waals surface area contributed by atoms with Crippen molar-refractivity contribution in [1.82, 2.24) is 9.78 Å². The molecule has 0 saturated heterocycles. The number of thioether (sulfide) groups is 1. The SMILES string of the molecule is O=C(Cn1ncc2c(c1=O)N(CC1CC1)C(=O)CS2)Nc1ccc(F)c(Cl)c1. The Morgan fingerprint density at radius 3 is 2.86 bits per heavy atom. The lowest BCUT2D eigenvalue weighted by molar-refractivity contribution is -0.117. The highest BCUT2D eigenvalue weighted by atomic mass is 35.5. The zero-order chi connectivity index (χ0) is 19.8. The predicted octanol–water partition coefficient (Wildman–Crippen LogP) is 2.52. The highest BCUT2D eigenvalue weighted by Gasteiger charge is 2.34. The topological polar surface area (TPSA) is 84.3 Å². The molecule has 0 unspecified atom stereocenters. The molecular weight excluding hydrogens is 407 g/mol. The van der Waals surface area contributed by atoms with E-state index in [1.165, 1.54) is 35.0 Å². The molecule has 2 heterocycles. The third-order valence-electron chi connectivity index (χ3n) is 4.54. The normalized spacial score (nSPS) is 16.1. The Labute approximate surface area is 168 Å². The van der Waals surface area contributed by atoms with E-state index in [-0.39, 0.29) is 23.2 Å². The van der Waals surface area contributed by atoms with Crippen LogP contribution in [0, 0.1) is 11.7 Å². The highest BCUT2D eigenvalue weighted by Crippen LogP contribution is 2.36. The molecule has 2 amide bonds. The molecule has 10 heteroatoms. The average molecular weight is 423 g/mol. The number of anilines is 2. The molecule has 7 nitrogen and oxygen atoms in total. The van der Waals surface area contributed by atoms with Gasteiger partial charge in [0.1, 0.15) is 18.0 Å². The van der Waals surface area contributed by atoms with E-state index in [1.807, 2.05) is 0 Å². The first kappa shape index (κ1) is 18.9. The number of carbonyl (C=O) groups excluding carboxylic acids is 2. The lowest BCUT2D eigenvalue weighted by Gasteiger charge is -2.28. The van der Waals surface area contributed by atoms with Gasteiger partial charge in [-0.05, 0) is 37.0 Å². The summed E-state index contributed by atoms with van der Waals surface area (Å²) < 4.78 is 14.3. The zero-order valence-electron chi connectivity index (χ0n) is 14.7. The molecule has 1 aromatic carbocycles. The molecule has 0 bridgehead atoms. The molecule has 1 saturated carbocycles. The summed E-state index contributed by atoms with van der Waals surface area (Å²) in [4.78, 5) is 39.7. The third-order valence-corrected chi connectivity index (χ3v) is 5.83. The second kappa shape index (κ2) is 7.56. The van der Waals surface area contributed by atoms with Crippen LogP contribution in [0.2, 0.25) is 5.02 Å². The molecule has 146 valence electrons. The summed E-state index contributed by atoms with van der Waals surface area (Å²) >= 11 is 6.98. The summed E-state index contributed by atoms with van der Waals surface area (Å²) in [7, 11) is 0. The quantitative estimate of drug-likeness (QED) is 0.800. The second-order valence-corrected chi connectivity index (χ2v) is 8.16. The average Bonchev–Trinajstić information content (AvgIpc) is 3.47. The Morgan fingerprint density at radius 1 is 1.36 bits per heavy atom. The van der Waals surface area contributed by atoms with Crippen molar-refractivity contribution >= 4 is 46.6 Å². The fourth-order valence-electron chi connectivity index (χ4n) is 2.93. The van der Waals surface area contributed by atoms with Gasteiger partial charge in [-0.3, -0.25) is 14.4 Å². The number of hydrogen-bond acceptors (Lipinski definition) is 5. The maximum Gasteiger partial charge on any atom is 0.292 e. The number of amides is 2. The molecule has 1 aromatic heterocycles. The molecule has 2 aromatic rings. The summed E-state index contributed by atoms with van der Waals surface area (Å²) in [5.41, 5.74) is 0.121. The maximum atomic E-state index is 13.2. The molecule has 1 aliphatic heterocycles. The van der Waals surface area contributed by atoms with E-state index in [0.717, 1.165) is 23.6 Å². The number of fused-ring (bicyclic) bond motifs is 1. The van der Waals surface area contributed by atoms with Crippen LogP contribution in [0.4, 0.5) is 15.8 Å². The number of rotatable bonds is 5. The van der Waals surface area contributed by atoms with Crippen LogP contribution < -0.4 is 15.8 Å². The van der Waals surface area contributed by atoms with Gasteiger partial charge in [0.25, 0.3) is 5.56 Å². The Bertz CT molecular complexity index is 1020. The van der Waals surface area contributed by atoms with Crippen LogP contribution in [-0.4, -0.2) is 33.9 Å². The molecule has 1 aliphatic carbocycles. The summed E-state index contributed by atoms with van der Waals surface area (Å²) in [6.45, 7) is 0.184. The van der Waals surface area contributed by atoms with Gasteiger partial charge in [0, 0.05) is 12.2 Å². The minimum atomic E-state index is -0.592. The Balaban J connectivity index is 1.56. The van der Waals surface area contributed by atoms with Crippen molar-refractivity contribution in [2.75, 3.05) is 22.5 Å². The fourth-order valence-corrected chi connectivity index (χ4v) is 4.01. The number of benzene rings is 1. The van der Waals surface area contributed by atoms with Gasteiger partial charge in [0.2, 0.25) is 11.8 Å². The van der Waals surface area contributed by atoms with Crippen molar-refractivity contribution in [3.05, 3.63) is 45.6 Å². The van der Waals surface area contributed by atoms with E-state index < -0.39 is 17.3 Å². The minimum Gasteiger partial charge on any atom is -0.324 e. The first-order valence-electron chi connectivity index (χ1n) is 8.70. The number of halogens is 2. The smallest absolute Gasteiger partial charge is 0.292 e. The van der Waals surface area contributed by atoms with Crippen molar-refractivity contribution in [1.29, 1.82) is 0 Å². The van der Waals surface area contributed by atoms with Crippen molar-refractivity contribution in [2.45, 2.75) is 24.3 Å². The number of nitrogens with zero attached hydrogens (tertiary/aromatic N) is 3. The number of carbonyl (C=O) groups is 2. The van der Waals surface area contributed by atoms with Crippen molar-refractivity contribution in [2.24, 2.45) is 5.92 Å². The largest absolute Gasteiger partial charge is 0.324 e. The van der Waals surface area contributed by atoms with Gasteiger partial charge in [0.15, 0.2) is 0 Å². The monoisotopic (exact) mass is 422 g/mol. The van der Waals surface area contributed by atoms with Gasteiger partial charge in [0.05, 0.1) is 21.9 Å². The summed E-state index contributed by atoms with van der Waals surface area (Å²) in [5.74, 6) is -0.514. The van der Waals surface area contributed by atoms with Crippen molar-refractivity contribution in [3.8, 4) is 0 Å². The molecule has 4 rings (SSSR count). The molecule has 0 atom stereocenters. The lowest BCUT2D eigenvalue weighted by atomic mass is 10.3. The van der Waals surface area contributed by atoms with Crippen LogP contribution >= 0.6 is 23.4 Å². The lowest BCUT2D eigenvalue weighted by Crippen LogP contribution is -2.43. The van der Waals surface area contributed by atoms with Gasteiger partial charge in [-0.1, -0.05) is 11.6 Å². The molecule has 0 spiro atoms. The van der Waals surface area contributed by atoms with Crippen LogP contribution in [-0.2, 0) is 16.1 Å². The van der Waals surface area contributed by atoms with Crippen LogP contribution in [0.1, 0.15) is 12.8 Å². The van der Waals surface area contributed by atoms with E-state index >= 15 is 0 Å². The van der Waals surface area contributed by atoms with E-state index in [2.05, 4.69) is 10.4 Å². The predicted molar refractivity (Wildman–Crippen MR) is 104 cm³/mol. The Hall–Kier alpha value is -2.39. The first-order valence-corrected chi connectivity index (χ1v) is 10.1. The van der Waals surface area contributed by atoms with Gasteiger partial charge in [-0.2, -0.15) is 5.10 Å². The Kier molecular flexibility index (Phi) is 5.11. The van der Waals surface area contributed by atoms with Crippen LogP contribution in [0.3, 0.4) is 0 Å². The molecule has 28 heavy (non-hydrogen) atoms. The fraction of sp³-hybridized carbons (Fsp3) is 0.333. The van der Waals surface area contributed by atoms with E-state index in [4.69, 9.17) is 11.6 Å². The Morgan fingerprint density at radius 2 is 2.14 bits per heavy atom. The van der Waals surface area contributed by atoms with Crippen molar-refractivity contribution < 1.29 is 14.0 Å². The highest BCUT2D eigenvalue weighted by molar-refractivity contribution is 8.00. The summed E-state index contributed by atoms with van der Waals surface area (Å²) in [6.07, 6.45) is 3.61. The van der Waals surface area contributed by atoms with Crippen LogP contribution in [0.15, 0.2) is 34.1 Å². The first-order chi connectivity index (χ1) is 13.4. The van der Waals surface area contributed by atoms with Crippen LogP contribution in [0.5, 0.6) is 0 Å². The third kappa shape index (κ3) is 3.90. The number of nitrogens with one attached hydrogen (secondary N) is 1. The minimum absolute atomic E-state index is 0.107. The van der Waals surface area contributed by atoms with E-state index in [1.54, 1.807) is 0 Å². The van der Waals surface area contributed by atoms with Crippen molar-refractivity contribution in [3.63, 3.8) is 0 Å². The standard InChI is InChI=1S/C18H16ClFN4O3S/c19-12-5-11(3-4-13(12)20)22-15(25)8-24-18(27)17-14(6-21-24)28-9-16(26)23(17)7-10-1-2-10/h3-6,10H,1-2,7-9H2,(H,22,25). The van der Waals surface area contributed by atoms with Gasteiger partial charge in [-0.25, -0.2) is 9.07 Å². The summed E-state index contributed by atoms with van der Waals surface area (Å²) in [6, 6.07) is 3.79. The van der Waals surface area contributed by atoms with Crippen LogP contribution in [0.25, 0.3) is 0 Å². The van der Waals surface area contributed by atoms with E-state index in [9.17, 15) is 18.8 Å². The zero-order valence-corrected chi connectivity index (χ0v) is 16.2. The van der Waals surface area contributed by atoms with Gasteiger partial charge < -0.3 is 10.2 Å².